The second-order valence-corrected chi connectivity index (χ2v) is 5.99. The lowest BCUT2D eigenvalue weighted by Gasteiger charge is -2.15. The van der Waals surface area contributed by atoms with Crippen LogP contribution in [-0.2, 0) is 13.5 Å². The minimum atomic E-state index is -0.0935. The van der Waals surface area contributed by atoms with Crippen LogP contribution in [0.15, 0.2) is 41.0 Å². The summed E-state index contributed by atoms with van der Waals surface area (Å²) >= 11 is 3.60. The van der Waals surface area contributed by atoms with Crippen molar-refractivity contribution in [3.05, 3.63) is 58.0 Å². The van der Waals surface area contributed by atoms with Crippen molar-refractivity contribution in [1.82, 2.24) is 14.8 Å². The van der Waals surface area contributed by atoms with Crippen LogP contribution in [0.25, 0.3) is 10.9 Å². The topological polar surface area (TPSA) is 56.7 Å². The molecule has 0 fully saturated rings. The summed E-state index contributed by atoms with van der Waals surface area (Å²) in [5, 5.41) is 5.53. The third kappa shape index (κ3) is 2.59. The molecule has 21 heavy (non-hydrogen) atoms. The molecule has 3 rings (SSSR count). The SMILES string of the molecule is Cc1nn(C)c(CC(N)c2ccnc3ccccc23)c1Br. The summed E-state index contributed by atoms with van der Waals surface area (Å²) in [4.78, 5) is 4.39. The maximum atomic E-state index is 6.45. The molecule has 0 radical (unpaired) electrons. The smallest absolute Gasteiger partial charge is 0.0738 e. The van der Waals surface area contributed by atoms with Gasteiger partial charge in [0.25, 0.3) is 0 Å². The number of halogens is 1. The van der Waals surface area contributed by atoms with Crippen LogP contribution in [0.2, 0.25) is 0 Å². The summed E-state index contributed by atoms with van der Waals surface area (Å²) in [6.45, 7) is 1.99. The average Bonchev–Trinajstić information content (AvgIpc) is 2.73. The second kappa shape index (κ2) is 5.58. The Balaban J connectivity index is 1.99. The summed E-state index contributed by atoms with van der Waals surface area (Å²) < 4.78 is 2.93. The predicted molar refractivity (Wildman–Crippen MR) is 88.0 cm³/mol. The van der Waals surface area contributed by atoms with E-state index in [1.54, 1.807) is 0 Å². The lowest BCUT2D eigenvalue weighted by atomic mass is 9.99. The molecule has 4 nitrogen and oxygen atoms in total. The molecule has 2 heterocycles. The number of pyridine rings is 1. The van der Waals surface area contributed by atoms with Gasteiger partial charge in [0, 0.05) is 31.1 Å². The van der Waals surface area contributed by atoms with Gasteiger partial charge in [-0.15, -0.1) is 0 Å². The van der Waals surface area contributed by atoms with Crippen LogP contribution in [0, 0.1) is 6.92 Å². The molecule has 0 aliphatic heterocycles. The zero-order valence-corrected chi connectivity index (χ0v) is 13.6. The van der Waals surface area contributed by atoms with Crippen molar-refractivity contribution in [2.24, 2.45) is 12.8 Å². The summed E-state index contributed by atoms with van der Waals surface area (Å²) in [5.41, 5.74) is 10.6. The first-order chi connectivity index (χ1) is 10.1. The van der Waals surface area contributed by atoms with E-state index >= 15 is 0 Å². The highest BCUT2D eigenvalue weighted by molar-refractivity contribution is 9.10. The molecule has 0 spiro atoms. The molecule has 0 aliphatic rings. The van der Waals surface area contributed by atoms with Gasteiger partial charge in [0.15, 0.2) is 0 Å². The normalized spacial score (nSPS) is 12.8. The highest BCUT2D eigenvalue weighted by Crippen LogP contribution is 2.27. The number of aryl methyl sites for hydroxylation is 2. The Labute approximate surface area is 132 Å². The molecule has 5 heteroatoms. The highest BCUT2D eigenvalue weighted by atomic mass is 79.9. The Morgan fingerprint density at radius 3 is 2.76 bits per heavy atom. The molecular weight excluding hydrogens is 328 g/mol. The fourth-order valence-corrected chi connectivity index (χ4v) is 3.16. The van der Waals surface area contributed by atoms with E-state index in [9.17, 15) is 0 Å². The van der Waals surface area contributed by atoms with Gasteiger partial charge in [0.1, 0.15) is 0 Å². The predicted octanol–water partition coefficient (Wildman–Crippen LogP) is 3.28. The highest BCUT2D eigenvalue weighted by Gasteiger charge is 2.17. The van der Waals surface area contributed by atoms with Gasteiger partial charge in [-0.05, 0) is 40.5 Å². The van der Waals surface area contributed by atoms with E-state index in [0.717, 1.165) is 38.7 Å². The molecule has 1 aromatic carbocycles. The Morgan fingerprint density at radius 1 is 1.29 bits per heavy atom. The lowest BCUT2D eigenvalue weighted by Crippen LogP contribution is -2.16. The molecule has 3 aromatic rings. The van der Waals surface area contributed by atoms with Gasteiger partial charge in [0.2, 0.25) is 0 Å². The number of fused-ring (bicyclic) bond motifs is 1. The number of aromatic nitrogens is 3. The summed E-state index contributed by atoms with van der Waals surface area (Å²) in [7, 11) is 1.95. The number of nitrogens with zero attached hydrogens (tertiary/aromatic N) is 3. The van der Waals surface area contributed by atoms with Gasteiger partial charge in [-0.2, -0.15) is 5.10 Å². The second-order valence-electron chi connectivity index (χ2n) is 5.20. The summed E-state index contributed by atoms with van der Waals surface area (Å²) in [6, 6.07) is 10.0. The monoisotopic (exact) mass is 344 g/mol. The van der Waals surface area contributed by atoms with Gasteiger partial charge in [0.05, 0.1) is 21.4 Å². The van der Waals surface area contributed by atoms with Crippen molar-refractivity contribution in [1.29, 1.82) is 0 Å². The molecule has 0 bridgehead atoms. The Kier molecular flexibility index (Phi) is 3.78. The first-order valence-electron chi connectivity index (χ1n) is 6.85. The molecule has 2 N–H and O–H groups in total. The molecule has 0 aliphatic carbocycles. The third-order valence-electron chi connectivity index (χ3n) is 3.76. The molecule has 2 aromatic heterocycles. The van der Waals surface area contributed by atoms with Crippen LogP contribution in [0.3, 0.4) is 0 Å². The van der Waals surface area contributed by atoms with E-state index in [1.807, 2.05) is 49.1 Å². The van der Waals surface area contributed by atoms with Crippen LogP contribution >= 0.6 is 15.9 Å². The molecule has 0 saturated heterocycles. The van der Waals surface area contributed by atoms with E-state index in [4.69, 9.17) is 5.73 Å². The molecule has 0 amide bonds. The van der Waals surface area contributed by atoms with E-state index in [-0.39, 0.29) is 6.04 Å². The van der Waals surface area contributed by atoms with E-state index < -0.39 is 0 Å². The van der Waals surface area contributed by atoms with Crippen LogP contribution in [-0.4, -0.2) is 14.8 Å². The van der Waals surface area contributed by atoms with Gasteiger partial charge >= 0.3 is 0 Å². The number of para-hydroxylation sites is 1. The van der Waals surface area contributed by atoms with Gasteiger partial charge in [-0.3, -0.25) is 9.67 Å². The minimum Gasteiger partial charge on any atom is -0.324 e. The fourth-order valence-electron chi connectivity index (χ4n) is 2.66. The summed E-state index contributed by atoms with van der Waals surface area (Å²) in [6.07, 6.45) is 2.55. The number of hydrogen-bond donors (Lipinski definition) is 1. The number of hydrogen-bond acceptors (Lipinski definition) is 3. The van der Waals surface area contributed by atoms with Crippen LogP contribution in [0.4, 0.5) is 0 Å². The first-order valence-corrected chi connectivity index (χ1v) is 7.64. The van der Waals surface area contributed by atoms with Gasteiger partial charge in [-0.1, -0.05) is 18.2 Å². The van der Waals surface area contributed by atoms with Crippen molar-refractivity contribution in [3.8, 4) is 0 Å². The number of benzene rings is 1. The molecular formula is C16H17BrN4. The third-order valence-corrected chi connectivity index (χ3v) is 4.79. The summed E-state index contributed by atoms with van der Waals surface area (Å²) in [5.74, 6) is 0. The average molecular weight is 345 g/mol. The van der Waals surface area contributed by atoms with Gasteiger partial charge in [-0.25, -0.2) is 0 Å². The van der Waals surface area contributed by atoms with Crippen molar-refractivity contribution in [3.63, 3.8) is 0 Å². The lowest BCUT2D eigenvalue weighted by molar-refractivity contribution is 0.640. The van der Waals surface area contributed by atoms with Gasteiger partial charge < -0.3 is 5.73 Å². The molecule has 1 atom stereocenters. The first kappa shape index (κ1) is 14.2. The fraction of sp³-hybridized carbons (Fsp3) is 0.250. The number of rotatable bonds is 3. The number of nitrogens with two attached hydrogens (primary N) is 1. The maximum absolute atomic E-state index is 6.45. The molecule has 1 unspecified atom stereocenters. The minimum absolute atomic E-state index is 0.0935. The van der Waals surface area contributed by atoms with Crippen LogP contribution < -0.4 is 5.73 Å². The Bertz CT molecular complexity index is 789. The van der Waals surface area contributed by atoms with E-state index in [1.165, 1.54) is 0 Å². The van der Waals surface area contributed by atoms with Crippen molar-refractivity contribution in [2.45, 2.75) is 19.4 Å². The largest absolute Gasteiger partial charge is 0.324 e. The molecule has 0 saturated carbocycles. The zero-order chi connectivity index (χ0) is 15.0. The quantitative estimate of drug-likeness (QED) is 0.793. The Hall–Kier alpha value is -1.72. The molecule has 108 valence electrons. The van der Waals surface area contributed by atoms with E-state index in [0.29, 0.717) is 0 Å². The van der Waals surface area contributed by atoms with Crippen molar-refractivity contribution < 1.29 is 0 Å². The van der Waals surface area contributed by atoms with Crippen LogP contribution in [0.5, 0.6) is 0 Å². The van der Waals surface area contributed by atoms with E-state index in [2.05, 4.69) is 32.1 Å². The standard InChI is InChI=1S/C16H17BrN4/c1-10-16(17)15(21(2)20-10)9-13(18)11-7-8-19-14-6-4-3-5-12(11)14/h3-8,13H,9,18H2,1-2H3. The maximum Gasteiger partial charge on any atom is 0.0738 e. The zero-order valence-electron chi connectivity index (χ0n) is 12.0. The van der Waals surface area contributed by atoms with Crippen molar-refractivity contribution in [2.75, 3.05) is 0 Å². The Morgan fingerprint density at radius 2 is 2.05 bits per heavy atom. The van der Waals surface area contributed by atoms with Crippen LogP contribution in [0.1, 0.15) is 23.0 Å². The van der Waals surface area contributed by atoms with Crippen molar-refractivity contribution >= 4 is 26.8 Å².